The molecule has 0 fully saturated rings. The van der Waals surface area contributed by atoms with Crippen LogP contribution in [0, 0.1) is 0 Å². The molecule has 0 atom stereocenters. The van der Waals surface area contributed by atoms with Crippen LogP contribution >= 0.6 is 0 Å². The molecule has 1 aromatic carbocycles. The van der Waals surface area contributed by atoms with Crippen LogP contribution in [0.25, 0.3) is 5.82 Å². The zero-order valence-corrected chi connectivity index (χ0v) is 12.7. The van der Waals surface area contributed by atoms with Gasteiger partial charge in [0.05, 0.1) is 12.7 Å². The number of nitrogens with one attached hydrogen (secondary N) is 1. The minimum atomic E-state index is -0.434. The third kappa shape index (κ3) is 3.27. The average Bonchev–Trinajstić information content (AvgIpc) is 3.16. The normalized spacial score (nSPS) is 10.2. The molecule has 3 rings (SSSR count). The zero-order valence-electron chi connectivity index (χ0n) is 12.7. The minimum Gasteiger partial charge on any atom is -0.465 e. The van der Waals surface area contributed by atoms with Crippen LogP contribution in [-0.4, -0.2) is 38.7 Å². The lowest BCUT2D eigenvalue weighted by Gasteiger charge is -2.07. The number of hydrogen-bond donors (Lipinski definition) is 1. The molecule has 120 valence electrons. The number of amides is 1. The molecular formula is C16H13N5O3. The second-order valence-electron chi connectivity index (χ2n) is 4.77. The highest BCUT2D eigenvalue weighted by Gasteiger charge is 2.10. The van der Waals surface area contributed by atoms with Gasteiger partial charge in [-0.05, 0) is 36.4 Å². The molecule has 0 aliphatic heterocycles. The van der Waals surface area contributed by atoms with Gasteiger partial charge in [-0.25, -0.2) is 9.78 Å². The number of aromatic nitrogens is 4. The summed E-state index contributed by atoms with van der Waals surface area (Å²) in [6, 6.07) is 11.4. The van der Waals surface area contributed by atoms with E-state index in [2.05, 4.69) is 25.2 Å². The summed E-state index contributed by atoms with van der Waals surface area (Å²) in [5, 5.41) is 10.1. The number of nitrogens with zero attached hydrogens (tertiary/aromatic N) is 4. The summed E-state index contributed by atoms with van der Waals surface area (Å²) in [5.74, 6) is -0.263. The van der Waals surface area contributed by atoms with Crippen molar-refractivity contribution in [2.24, 2.45) is 0 Å². The van der Waals surface area contributed by atoms with E-state index in [4.69, 9.17) is 0 Å². The summed E-state index contributed by atoms with van der Waals surface area (Å²) in [6.07, 6.45) is 2.99. The van der Waals surface area contributed by atoms with Gasteiger partial charge in [0.2, 0.25) is 0 Å². The first-order valence-electron chi connectivity index (χ1n) is 6.99. The lowest BCUT2D eigenvalue weighted by molar-refractivity contribution is 0.0600. The molecule has 24 heavy (non-hydrogen) atoms. The molecular weight excluding hydrogens is 310 g/mol. The van der Waals surface area contributed by atoms with E-state index in [-0.39, 0.29) is 11.6 Å². The van der Waals surface area contributed by atoms with Crippen molar-refractivity contribution in [1.29, 1.82) is 0 Å². The monoisotopic (exact) mass is 323 g/mol. The quantitative estimate of drug-likeness (QED) is 0.734. The molecule has 1 N–H and O–H groups in total. The maximum Gasteiger partial charge on any atom is 0.337 e. The van der Waals surface area contributed by atoms with Crippen molar-refractivity contribution in [2.45, 2.75) is 0 Å². The zero-order chi connectivity index (χ0) is 16.9. The molecule has 3 aromatic rings. The highest BCUT2D eigenvalue weighted by molar-refractivity contribution is 6.03. The Bertz CT molecular complexity index is 860. The first kappa shape index (κ1) is 15.3. The summed E-state index contributed by atoms with van der Waals surface area (Å²) >= 11 is 0. The molecule has 1 amide bonds. The van der Waals surface area contributed by atoms with E-state index in [0.717, 1.165) is 0 Å². The number of hydrogen-bond acceptors (Lipinski definition) is 6. The number of benzene rings is 1. The maximum absolute atomic E-state index is 12.3. The molecule has 0 saturated heterocycles. The lowest BCUT2D eigenvalue weighted by atomic mass is 10.2. The van der Waals surface area contributed by atoms with Gasteiger partial charge >= 0.3 is 5.97 Å². The van der Waals surface area contributed by atoms with Crippen molar-refractivity contribution in [2.75, 3.05) is 12.4 Å². The van der Waals surface area contributed by atoms with Gasteiger partial charge in [0.1, 0.15) is 24.2 Å². The highest BCUT2D eigenvalue weighted by Crippen LogP contribution is 2.12. The molecule has 0 radical (unpaired) electrons. The van der Waals surface area contributed by atoms with Crippen LogP contribution < -0.4 is 5.32 Å². The summed E-state index contributed by atoms with van der Waals surface area (Å²) in [7, 11) is 1.31. The summed E-state index contributed by atoms with van der Waals surface area (Å²) in [6.45, 7) is 0. The number of carbonyl (C=O) groups is 2. The Morgan fingerprint density at radius 3 is 2.42 bits per heavy atom. The topological polar surface area (TPSA) is 99.0 Å². The highest BCUT2D eigenvalue weighted by atomic mass is 16.5. The number of anilines is 1. The Morgan fingerprint density at radius 1 is 1.04 bits per heavy atom. The predicted octanol–water partition coefficient (Wildman–Crippen LogP) is 1.70. The van der Waals surface area contributed by atoms with Crippen LogP contribution in [0.1, 0.15) is 20.8 Å². The molecule has 0 unspecified atom stereocenters. The van der Waals surface area contributed by atoms with Crippen LogP contribution in [0.5, 0.6) is 0 Å². The summed E-state index contributed by atoms with van der Waals surface area (Å²) in [5.41, 5.74) is 1.20. The van der Waals surface area contributed by atoms with E-state index in [1.165, 1.54) is 19.8 Å². The van der Waals surface area contributed by atoms with Crippen molar-refractivity contribution in [3.05, 3.63) is 66.4 Å². The van der Waals surface area contributed by atoms with Crippen LogP contribution in [-0.2, 0) is 4.74 Å². The molecule has 8 nitrogen and oxygen atoms in total. The molecule has 8 heteroatoms. The largest absolute Gasteiger partial charge is 0.465 e. The van der Waals surface area contributed by atoms with Crippen molar-refractivity contribution in [3.8, 4) is 5.82 Å². The van der Waals surface area contributed by atoms with Crippen molar-refractivity contribution < 1.29 is 14.3 Å². The van der Waals surface area contributed by atoms with E-state index >= 15 is 0 Å². The second kappa shape index (κ2) is 6.69. The fourth-order valence-corrected chi connectivity index (χ4v) is 2.02. The molecule has 0 spiro atoms. The lowest BCUT2D eigenvalue weighted by Crippen LogP contribution is -2.14. The Morgan fingerprint density at radius 2 is 1.75 bits per heavy atom. The van der Waals surface area contributed by atoms with Gasteiger partial charge in [0, 0.05) is 5.69 Å². The van der Waals surface area contributed by atoms with Gasteiger partial charge in [0.25, 0.3) is 5.91 Å². The first-order valence-corrected chi connectivity index (χ1v) is 6.99. The Hall–Kier alpha value is -3.55. The standard InChI is InChI=1S/C16H13N5O3/c1-24-16(23)11-5-7-12(8-6-11)19-15(22)13-3-2-4-14(20-13)21-9-17-18-10-21/h2-10H,1H3,(H,19,22). The molecule has 0 aliphatic rings. The van der Waals surface area contributed by atoms with Gasteiger partial charge in [0.15, 0.2) is 0 Å². The SMILES string of the molecule is COC(=O)c1ccc(NC(=O)c2cccc(-n3cnnc3)n2)cc1. The van der Waals surface area contributed by atoms with Crippen LogP contribution in [0.3, 0.4) is 0 Å². The minimum absolute atomic E-state index is 0.248. The molecule has 0 aliphatic carbocycles. The van der Waals surface area contributed by atoms with Crippen LogP contribution in [0.15, 0.2) is 55.1 Å². The van der Waals surface area contributed by atoms with Crippen molar-refractivity contribution in [3.63, 3.8) is 0 Å². The molecule has 2 heterocycles. The number of pyridine rings is 1. The van der Waals surface area contributed by atoms with E-state index in [1.807, 2.05) is 0 Å². The Kier molecular flexibility index (Phi) is 4.28. The van der Waals surface area contributed by atoms with Crippen molar-refractivity contribution >= 4 is 17.6 Å². The third-order valence-corrected chi connectivity index (χ3v) is 3.21. The Labute approximate surface area is 137 Å². The van der Waals surface area contributed by atoms with Gasteiger partial charge < -0.3 is 10.1 Å². The summed E-state index contributed by atoms with van der Waals surface area (Å²) in [4.78, 5) is 28.0. The Balaban J connectivity index is 1.75. The van der Waals surface area contributed by atoms with Crippen LogP contribution in [0.2, 0.25) is 0 Å². The van der Waals surface area contributed by atoms with E-state index < -0.39 is 5.97 Å². The van der Waals surface area contributed by atoms with Gasteiger partial charge in [-0.1, -0.05) is 6.07 Å². The van der Waals surface area contributed by atoms with Gasteiger partial charge in [-0.3, -0.25) is 9.36 Å². The smallest absolute Gasteiger partial charge is 0.337 e. The molecule has 0 saturated carbocycles. The van der Waals surface area contributed by atoms with E-state index in [0.29, 0.717) is 17.1 Å². The van der Waals surface area contributed by atoms with Gasteiger partial charge in [-0.15, -0.1) is 10.2 Å². The number of ether oxygens (including phenoxy) is 1. The number of esters is 1. The van der Waals surface area contributed by atoms with E-state index in [9.17, 15) is 9.59 Å². The average molecular weight is 323 g/mol. The van der Waals surface area contributed by atoms with Crippen molar-refractivity contribution in [1.82, 2.24) is 19.7 Å². The molecule has 0 bridgehead atoms. The molecule has 2 aromatic heterocycles. The third-order valence-electron chi connectivity index (χ3n) is 3.21. The number of methoxy groups -OCH3 is 1. The first-order chi connectivity index (χ1) is 11.7. The number of rotatable bonds is 4. The van der Waals surface area contributed by atoms with Gasteiger partial charge in [-0.2, -0.15) is 0 Å². The van der Waals surface area contributed by atoms with E-state index in [1.54, 1.807) is 47.0 Å². The maximum atomic E-state index is 12.3. The summed E-state index contributed by atoms with van der Waals surface area (Å²) < 4.78 is 6.23. The number of carbonyl (C=O) groups excluding carboxylic acids is 2. The second-order valence-corrected chi connectivity index (χ2v) is 4.77. The fourth-order valence-electron chi connectivity index (χ4n) is 2.02. The van der Waals surface area contributed by atoms with Crippen LogP contribution in [0.4, 0.5) is 5.69 Å². The fraction of sp³-hybridized carbons (Fsp3) is 0.0625. The predicted molar refractivity (Wildman–Crippen MR) is 84.9 cm³/mol.